The van der Waals surface area contributed by atoms with Crippen molar-refractivity contribution in [3.63, 3.8) is 0 Å². The fourth-order valence-corrected chi connectivity index (χ4v) is 3.04. The van der Waals surface area contributed by atoms with E-state index < -0.39 is 22.6 Å². The van der Waals surface area contributed by atoms with Crippen LogP contribution in [0.4, 0.5) is 18.9 Å². The molecule has 0 saturated carbocycles. The molecule has 0 bridgehead atoms. The Morgan fingerprint density at radius 2 is 1.84 bits per heavy atom. The van der Waals surface area contributed by atoms with Gasteiger partial charge < -0.3 is 9.15 Å². The SMILES string of the molecule is Cc1ccc(C2=N/C(=C/c3ccc(-c4cccc(C(F)(F)F)c4)o3)C(=O)O2)cc1[N+](=O)[O-]. The molecule has 0 radical (unpaired) electrons. The Bertz CT molecular complexity index is 1300. The minimum absolute atomic E-state index is 0.103. The number of aryl methyl sites for hydroxylation is 1. The van der Waals surface area contributed by atoms with Gasteiger partial charge in [0, 0.05) is 28.8 Å². The first-order chi connectivity index (χ1) is 15.1. The summed E-state index contributed by atoms with van der Waals surface area (Å²) in [6, 6.07) is 11.9. The molecule has 0 spiro atoms. The summed E-state index contributed by atoms with van der Waals surface area (Å²) in [6.07, 6.45) is -3.22. The maximum absolute atomic E-state index is 12.9. The Kier molecular flexibility index (Phi) is 5.13. The van der Waals surface area contributed by atoms with Gasteiger partial charge in [0.25, 0.3) is 5.69 Å². The number of alkyl halides is 3. The normalized spacial score (nSPS) is 15.1. The zero-order chi connectivity index (χ0) is 23.0. The summed E-state index contributed by atoms with van der Waals surface area (Å²) >= 11 is 0. The highest BCUT2D eigenvalue weighted by atomic mass is 19.4. The summed E-state index contributed by atoms with van der Waals surface area (Å²) in [7, 11) is 0. The van der Waals surface area contributed by atoms with Crippen molar-refractivity contribution < 1.29 is 32.0 Å². The summed E-state index contributed by atoms with van der Waals surface area (Å²) in [4.78, 5) is 26.8. The molecule has 0 N–H and O–H groups in total. The van der Waals surface area contributed by atoms with Crippen molar-refractivity contribution in [1.82, 2.24) is 0 Å². The number of nitro benzene ring substituents is 1. The van der Waals surface area contributed by atoms with E-state index in [1.54, 1.807) is 6.92 Å². The fraction of sp³-hybridized carbons (Fsp3) is 0.0909. The average molecular weight is 442 g/mol. The van der Waals surface area contributed by atoms with Crippen molar-refractivity contribution >= 4 is 23.6 Å². The van der Waals surface area contributed by atoms with Gasteiger partial charge in [0.05, 0.1) is 10.5 Å². The third-order valence-corrected chi connectivity index (χ3v) is 4.65. The molecule has 2 heterocycles. The van der Waals surface area contributed by atoms with Crippen LogP contribution in [0.2, 0.25) is 0 Å². The highest BCUT2D eigenvalue weighted by molar-refractivity contribution is 6.13. The molecule has 1 aliphatic rings. The lowest BCUT2D eigenvalue weighted by atomic mass is 10.1. The fourth-order valence-electron chi connectivity index (χ4n) is 3.04. The summed E-state index contributed by atoms with van der Waals surface area (Å²) < 4.78 is 49.4. The number of carbonyl (C=O) groups excluding carboxylic acids is 1. The Labute approximate surface area is 178 Å². The Hall–Kier alpha value is -4.21. The number of halogens is 3. The second-order valence-corrected chi connectivity index (χ2v) is 6.88. The lowest BCUT2D eigenvalue weighted by Crippen LogP contribution is -2.06. The molecule has 0 atom stereocenters. The van der Waals surface area contributed by atoms with Crippen molar-refractivity contribution in [3.8, 4) is 11.3 Å². The molecule has 0 unspecified atom stereocenters. The molecular weight excluding hydrogens is 429 g/mol. The van der Waals surface area contributed by atoms with E-state index in [-0.39, 0.29) is 39.9 Å². The number of furan rings is 1. The highest BCUT2D eigenvalue weighted by Gasteiger charge is 2.31. The van der Waals surface area contributed by atoms with Gasteiger partial charge in [-0.2, -0.15) is 13.2 Å². The van der Waals surface area contributed by atoms with Crippen molar-refractivity contribution in [3.05, 3.63) is 92.9 Å². The smallest absolute Gasteiger partial charge is 0.416 e. The van der Waals surface area contributed by atoms with E-state index in [0.717, 1.165) is 12.1 Å². The molecule has 0 fully saturated rings. The monoisotopic (exact) mass is 442 g/mol. The molecule has 0 amide bonds. The van der Waals surface area contributed by atoms with Gasteiger partial charge in [-0.3, -0.25) is 10.1 Å². The molecule has 7 nitrogen and oxygen atoms in total. The van der Waals surface area contributed by atoms with Crippen LogP contribution in [0.15, 0.2) is 69.7 Å². The number of ether oxygens (including phenoxy) is 1. The van der Waals surface area contributed by atoms with Crippen LogP contribution in [0.5, 0.6) is 0 Å². The molecule has 1 aromatic heterocycles. The number of hydrogen-bond acceptors (Lipinski definition) is 6. The Morgan fingerprint density at radius 3 is 2.56 bits per heavy atom. The van der Waals surface area contributed by atoms with Crippen LogP contribution in [0.3, 0.4) is 0 Å². The predicted octanol–water partition coefficient (Wildman–Crippen LogP) is 5.53. The minimum atomic E-state index is -4.49. The summed E-state index contributed by atoms with van der Waals surface area (Å²) in [5, 5.41) is 11.1. The minimum Gasteiger partial charge on any atom is -0.457 e. The van der Waals surface area contributed by atoms with Crippen LogP contribution >= 0.6 is 0 Å². The van der Waals surface area contributed by atoms with Gasteiger partial charge in [0.2, 0.25) is 5.90 Å². The van der Waals surface area contributed by atoms with Crippen LogP contribution in [0.25, 0.3) is 17.4 Å². The van der Waals surface area contributed by atoms with Crippen molar-refractivity contribution in [2.45, 2.75) is 13.1 Å². The lowest BCUT2D eigenvalue weighted by Gasteiger charge is -2.07. The first-order valence-corrected chi connectivity index (χ1v) is 9.17. The van der Waals surface area contributed by atoms with Gasteiger partial charge in [0.15, 0.2) is 5.70 Å². The topological polar surface area (TPSA) is 94.9 Å². The van der Waals surface area contributed by atoms with Gasteiger partial charge in [-0.05, 0) is 37.3 Å². The van der Waals surface area contributed by atoms with Gasteiger partial charge in [-0.1, -0.05) is 18.2 Å². The van der Waals surface area contributed by atoms with E-state index in [0.29, 0.717) is 5.56 Å². The first-order valence-electron chi connectivity index (χ1n) is 9.17. The van der Waals surface area contributed by atoms with Gasteiger partial charge in [-0.25, -0.2) is 9.79 Å². The van der Waals surface area contributed by atoms with Crippen LogP contribution in [-0.4, -0.2) is 16.8 Å². The number of nitro groups is 1. The second kappa shape index (κ2) is 7.80. The third-order valence-electron chi connectivity index (χ3n) is 4.65. The third kappa shape index (κ3) is 4.15. The van der Waals surface area contributed by atoms with Crippen molar-refractivity contribution in [2.24, 2.45) is 4.99 Å². The average Bonchev–Trinajstić information content (AvgIpc) is 3.35. The number of hydrogen-bond donors (Lipinski definition) is 0. The number of esters is 1. The number of carbonyl (C=O) groups is 1. The van der Waals surface area contributed by atoms with E-state index in [1.165, 1.54) is 48.5 Å². The number of aliphatic imine (C=N–C) groups is 1. The maximum Gasteiger partial charge on any atom is 0.416 e. The molecule has 162 valence electrons. The van der Waals surface area contributed by atoms with Gasteiger partial charge in [-0.15, -0.1) is 0 Å². The maximum atomic E-state index is 12.9. The van der Waals surface area contributed by atoms with E-state index in [1.807, 2.05) is 0 Å². The summed E-state index contributed by atoms with van der Waals surface area (Å²) in [5.74, 6) is -0.550. The second-order valence-electron chi connectivity index (χ2n) is 6.88. The molecular formula is C22H13F3N2O5. The van der Waals surface area contributed by atoms with Crippen molar-refractivity contribution in [1.29, 1.82) is 0 Å². The first kappa shape index (κ1) is 21.0. The predicted molar refractivity (Wildman–Crippen MR) is 108 cm³/mol. The number of cyclic esters (lactones) is 1. The molecule has 4 rings (SSSR count). The van der Waals surface area contributed by atoms with Crippen LogP contribution in [0, 0.1) is 17.0 Å². The van der Waals surface area contributed by atoms with E-state index >= 15 is 0 Å². The zero-order valence-electron chi connectivity index (χ0n) is 16.3. The lowest BCUT2D eigenvalue weighted by molar-refractivity contribution is -0.385. The van der Waals surface area contributed by atoms with Crippen molar-refractivity contribution in [2.75, 3.05) is 0 Å². The van der Waals surface area contributed by atoms with Crippen LogP contribution in [-0.2, 0) is 15.7 Å². The molecule has 0 saturated heterocycles. The quantitative estimate of drug-likeness (QED) is 0.229. The zero-order valence-corrected chi connectivity index (χ0v) is 16.3. The van der Waals surface area contributed by atoms with E-state index in [9.17, 15) is 28.1 Å². The molecule has 10 heteroatoms. The molecule has 3 aromatic rings. The van der Waals surface area contributed by atoms with Crippen LogP contribution < -0.4 is 0 Å². The largest absolute Gasteiger partial charge is 0.457 e. The number of benzene rings is 2. The van der Waals surface area contributed by atoms with E-state index in [2.05, 4.69) is 4.99 Å². The Balaban J connectivity index is 1.62. The highest BCUT2D eigenvalue weighted by Crippen LogP contribution is 2.33. The molecule has 32 heavy (non-hydrogen) atoms. The van der Waals surface area contributed by atoms with E-state index in [4.69, 9.17) is 9.15 Å². The summed E-state index contributed by atoms with van der Waals surface area (Å²) in [5.41, 5.74) is -0.161. The number of rotatable bonds is 4. The van der Waals surface area contributed by atoms with Gasteiger partial charge in [0.1, 0.15) is 11.5 Å². The summed E-state index contributed by atoms with van der Waals surface area (Å²) in [6.45, 7) is 1.58. The molecule has 0 aliphatic carbocycles. The standard InChI is InChI=1S/C22H13F3N2O5/c1-12-5-6-14(10-18(12)27(29)30)20-26-17(21(28)32-20)11-16-7-8-19(31-16)13-3-2-4-15(9-13)22(23,24)25/h2-11H,1H3/b17-11+. The molecule has 1 aliphatic heterocycles. The van der Waals surface area contributed by atoms with Gasteiger partial charge >= 0.3 is 12.1 Å². The van der Waals surface area contributed by atoms with Crippen LogP contribution in [0.1, 0.15) is 22.5 Å². The number of nitrogens with zero attached hydrogens (tertiary/aromatic N) is 2. The molecule has 2 aromatic carbocycles. The Morgan fingerprint density at radius 1 is 1.06 bits per heavy atom.